The number of ether oxygens (including phenoxy) is 4. The second-order valence-corrected chi connectivity index (χ2v) is 7.81. The number of hydrogen-bond donors (Lipinski definition) is 1. The Balaban J connectivity index is 1.47. The fourth-order valence-corrected chi connectivity index (χ4v) is 3.77. The smallest absolute Gasteiger partial charge is 0.180 e. The van der Waals surface area contributed by atoms with Crippen LogP contribution in [-0.2, 0) is 13.2 Å². The summed E-state index contributed by atoms with van der Waals surface area (Å²) in [4.78, 5) is 0. The van der Waals surface area contributed by atoms with E-state index in [4.69, 9.17) is 42.1 Å². The van der Waals surface area contributed by atoms with Crippen molar-refractivity contribution in [3.05, 3.63) is 75.8 Å². The van der Waals surface area contributed by atoms with Crippen molar-refractivity contribution in [2.24, 2.45) is 0 Å². The van der Waals surface area contributed by atoms with Gasteiger partial charge in [-0.05, 0) is 54.4 Å². The number of benzene rings is 3. The highest BCUT2D eigenvalue weighted by Gasteiger charge is 2.15. The Kier molecular flexibility index (Phi) is 6.95. The van der Waals surface area contributed by atoms with Crippen molar-refractivity contribution in [1.82, 2.24) is 0 Å². The molecule has 4 rings (SSSR count). The Morgan fingerprint density at radius 1 is 0.903 bits per heavy atom. The van der Waals surface area contributed by atoms with Gasteiger partial charge in [0, 0.05) is 23.3 Å². The minimum absolute atomic E-state index is 0.342. The monoisotopic (exact) mass is 459 g/mol. The number of anilines is 1. The second-order valence-electron chi connectivity index (χ2n) is 6.97. The first-order chi connectivity index (χ1) is 15.1. The van der Waals surface area contributed by atoms with E-state index in [1.165, 1.54) is 0 Å². The van der Waals surface area contributed by atoms with Gasteiger partial charge < -0.3 is 24.3 Å². The third-order valence-electron chi connectivity index (χ3n) is 4.68. The first-order valence-corrected chi connectivity index (χ1v) is 10.8. The largest absolute Gasteiger partial charge is 0.490 e. The molecule has 0 aliphatic carbocycles. The van der Waals surface area contributed by atoms with Crippen LogP contribution in [0.1, 0.15) is 18.1 Å². The molecule has 0 radical (unpaired) electrons. The predicted octanol–water partition coefficient (Wildman–Crippen LogP) is 6.35. The average Bonchev–Trinajstić information content (AvgIpc) is 2.77. The lowest BCUT2D eigenvalue weighted by atomic mass is 10.2. The molecule has 0 atom stereocenters. The number of fused-ring (bicyclic) bond motifs is 1. The van der Waals surface area contributed by atoms with Crippen molar-refractivity contribution in [3.63, 3.8) is 0 Å². The molecule has 0 bridgehead atoms. The zero-order chi connectivity index (χ0) is 21.6. The normalized spacial score (nSPS) is 12.4. The number of rotatable bonds is 8. The van der Waals surface area contributed by atoms with Crippen molar-refractivity contribution in [2.45, 2.75) is 20.1 Å². The van der Waals surface area contributed by atoms with E-state index in [0.29, 0.717) is 54.5 Å². The summed E-state index contributed by atoms with van der Waals surface area (Å²) in [5.74, 6) is 2.64. The molecule has 1 heterocycles. The minimum atomic E-state index is 0.342. The number of nitrogens with one attached hydrogen (secondary N) is 1. The Morgan fingerprint density at radius 2 is 1.74 bits per heavy atom. The summed E-state index contributed by atoms with van der Waals surface area (Å²) in [6.45, 7) is 4.46. The summed E-state index contributed by atoms with van der Waals surface area (Å²) in [6, 6.07) is 17.1. The van der Waals surface area contributed by atoms with Crippen LogP contribution in [0.2, 0.25) is 10.0 Å². The topological polar surface area (TPSA) is 49.0 Å². The van der Waals surface area contributed by atoms with Gasteiger partial charge in [-0.2, -0.15) is 0 Å². The first kappa shape index (κ1) is 21.5. The maximum absolute atomic E-state index is 6.55. The molecule has 7 heteroatoms. The number of halogens is 2. The lowest BCUT2D eigenvalue weighted by Crippen LogP contribution is -2.15. The first-order valence-electron chi connectivity index (χ1n) is 10.1. The highest BCUT2D eigenvalue weighted by atomic mass is 35.5. The predicted molar refractivity (Wildman–Crippen MR) is 123 cm³/mol. The van der Waals surface area contributed by atoms with E-state index in [1.807, 2.05) is 61.5 Å². The SMILES string of the molecule is CCOc1cc(CNc2ccc3c(c2)OCCO3)cc(Cl)c1OCc1cccc(Cl)c1. The van der Waals surface area contributed by atoms with Crippen LogP contribution in [0.3, 0.4) is 0 Å². The second kappa shape index (κ2) is 10.0. The van der Waals surface area contributed by atoms with E-state index in [-0.39, 0.29) is 0 Å². The van der Waals surface area contributed by atoms with Crippen molar-refractivity contribution in [2.75, 3.05) is 25.1 Å². The van der Waals surface area contributed by atoms with Crippen LogP contribution in [0.25, 0.3) is 0 Å². The zero-order valence-corrected chi connectivity index (χ0v) is 18.6. The molecule has 0 saturated carbocycles. The third-order valence-corrected chi connectivity index (χ3v) is 5.20. The molecular weight excluding hydrogens is 437 g/mol. The summed E-state index contributed by atoms with van der Waals surface area (Å²) in [5.41, 5.74) is 2.86. The standard InChI is InChI=1S/C24H23Cl2NO4/c1-2-28-23-12-17(14-27-19-6-7-21-22(13-19)30-9-8-29-21)11-20(26)24(23)31-15-16-4-3-5-18(25)10-16/h3-7,10-13,27H,2,8-9,14-15H2,1H3. The van der Waals surface area contributed by atoms with E-state index in [1.54, 1.807) is 0 Å². The Morgan fingerprint density at radius 3 is 2.55 bits per heavy atom. The summed E-state index contributed by atoms with van der Waals surface area (Å²) in [5, 5.41) is 4.54. The molecule has 1 aliphatic heterocycles. The molecule has 162 valence electrons. The van der Waals surface area contributed by atoms with Crippen LogP contribution in [-0.4, -0.2) is 19.8 Å². The molecule has 0 saturated heterocycles. The minimum Gasteiger partial charge on any atom is -0.490 e. The molecule has 1 N–H and O–H groups in total. The molecule has 0 amide bonds. The van der Waals surface area contributed by atoms with E-state index in [2.05, 4.69) is 5.32 Å². The molecule has 3 aromatic rings. The maximum Gasteiger partial charge on any atom is 0.180 e. The van der Waals surface area contributed by atoms with Gasteiger partial charge in [0.2, 0.25) is 0 Å². The molecule has 0 unspecified atom stereocenters. The Labute approximate surface area is 191 Å². The van der Waals surface area contributed by atoms with E-state index in [0.717, 1.165) is 28.3 Å². The maximum atomic E-state index is 6.55. The molecule has 31 heavy (non-hydrogen) atoms. The van der Waals surface area contributed by atoms with Gasteiger partial charge in [0.05, 0.1) is 11.6 Å². The van der Waals surface area contributed by atoms with Gasteiger partial charge in [0.1, 0.15) is 19.8 Å². The number of hydrogen-bond acceptors (Lipinski definition) is 5. The van der Waals surface area contributed by atoms with Gasteiger partial charge in [-0.15, -0.1) is 0 Å². The molecule has 3 aromatic carbocycles. The highest BCUT2D eigenvalue weighted by molar-refractivity contribution is 6.32. The molecule has 0 spiro atoms. The van der Waals surface area contributed by atoms with Gasteiger partial charge >= 0.3 is 0 Å². The van der Waals surface area contributed by atoms with Gasteiger partial charge in [-0.1, -0.05) is 35.3 Å². The summed E-state index contributed by atoms with van der Waals surface area (Å²) in [7, 11) is 0. The Hall–Kier alpha value is -2.76. The van der Waals surface area contributed by atoms with Crippen LogP contribution >= 0.6 is 23.2 Å². The van der Waals surface area contributed by atoms with E-state index >= 15 is 0 Å². The molecule has 0 fully saturated rings. The van der Waals surface area contributed by atoms with Crippen molar-refractivity contribution in [1.29, 1.82) is 0 Å². The molecular formula is C24H23Cl2NO4. The van der Waals surface area contributed by atoms with Gasteiger partial charge in [-0.3, -0.25) is 0 Å². The van der Waals surface area contributed by atoms with Crippen LogP contribution in [0.15, 0.2) is 54.6 Å². The van der Waals surface area contributed by atoms with E-state index < -0.39 is 0 Å². The third kappa shape index (κ3) is 5.49. The van der Waals surface area contributed by atoms with Gasteiger partial charge in [0.25, 0.3) is 0 Å². The summed E-state index contributed by atoms with van der Waals surface area (Å²) >= 11 is 12.6. The van der Waals surface area contributed by atoms with E-state index in [9.17, 15) is 0 Å². The van der Waals surface area contributed by atoms with Crippen molar-refractivity contribution >= 4 is 28.9 Å². The van der Waals surface area contributed by atoms with Crippen LogP contribution in [0.4, 0.5) is 5.69 Å². The van der Waals surface area contributed by atoms with Crippen LogP contribution < -0.4 is 24.3 Å². The average molecular weight is 460 g/mol. The fraction of sp³-hybridized carbons (Fsp3) is 0.250. The Bertz CT molecular complexity index is 1060. The molecule has 0 aromatic heterocycles. The lowest BCUT2D eigenvalue weighted by molar-refractivity contribution is 0.171. The zero-order valence-electron chi connectivity index (χ0n) is 17.1. The molecule has 5 nitrogen and oxygen atoms in total. The molecule has 1 aliphatic rings. The van der Waals surface area contributed by atoms with Crippen LogP contribution in [0.5, 0.6) is 23.0 Å². The summed E-state index contributed by atoms with van der Waals surface area (Å²) in [6.07, 6.45) is 0. The lowest BCUT2D eigenvalue weighted by Gasteiger charge is -2.19. The quantitative estimate of drug-likeness (QED) is 0.424. The van der Waals surface area contributed by atoms with Gasteiger partial charge in [0.15, 0.2) is 23.0 Å². The van der Waals surface area contributed by atoms with Crippen molar-refractivity contribution in [3.8, 4) is 23.0 Å². The highest BCUT2D eigenvalue weighted by Crippen LogP contribution is 2.38. The summed E-state index contributed by atoms with van der Waals surface area (Å²) < 4.78 is 23.0. The van der Waals surface area contributed by atoms with Gasteiger partial charge in [-0.25, -0.2) is 0 Å². The van der Waals surface area contributed by atoms with Crippen LogP contribution in [0, 0.1) is 0 Å². The fourth-order valence-electron chi connectivity index (χ4n) is 3.27. The van der Waals surface area contributed by atoms with Crippen molar-refractivity contribution < 1.29 is 18.9 Å².